The van der Waals surface area contributed by atoms with Gasteiger partial charge in [-0.15, -0.1) is 0 Å². The van der Waals surface area contributed by atoms with Crippen LogP contribution in [0.1, 0.15) is 31.4 Å². The maximum Gasteiger partial charge on any atom is 0.245 e. The van der Waals surface area contributed by atoms with Crippen molar-refractivity contribution in [2.45, 2.75) is 32.7 Å². The Morgan fingerprint density at radius 1 is 1.15 bits per heavy atom. The molecule has 3 aromatic carbocycles. The normalized spacial score (nSPS) is 15.0. The van der Waals surface area contributed by atoms with E-state index in [1.54, 1.807) is 13.1 Å². The Hall–Kier alpha value is -2.69. The average molecular weight is 574 g/mol. The van der Waals surface area contributed by atoms with Crippen LogP contribution in [0.15, 0.2) is 59.7 Å². The molecule has 0 radical (unpaired) electrons. The molecule has 1 saturated heterocycles. The van der Waals surface area contributed by atoms with Gasteiger partial charge in [0.2, 0.25) is 5.91 Å². The third-order valence-electron chi connectivity index (χ3n) is 5.37. The zero-order chi connectivity index (χ0) is 24.0. The zero-order valence-corrected chi connectivity index (χ0v) is 21.3. The van der Waals surface area contributed by atoms with E-state index < -0.39 is 5.79 Å². The summed E-state index contributed by atoms with van der Waals surface area (Å²) in [5, 5.41) is 6.42. The summed E-state index contributed by atoms with van der Waals surface area (Å²) in [4.78, 5) is 12.2. The highest BCUT2D eigenvalue weighted by atomic mass is 127. The van der Waals surface area contributed by atoms with E-state index in [-0.39, 0.29) is 12.3 Å². The summed E-state index contributed by atoms with van der Waals surface area (Å²) < 4.78 is 23.9. The quantitative estimate of drug-likeness (QED) is 0.221. The van der Waals surface area contributed by atoms with Crippen molar-refractivity contribution in [1.82, 2.24) is 5.43 Å². The third-order valence-corrected chi connectivity index (χ3v) is 6.17. The molecular weight excluding hydrogens is 547 g/mol. The number of hydrogen-bond acceptors (Lipinski definition) is 6. The Labute approximate surface area is 212 Å². The minimum absolute atomic E-state index is 0.0764. The molecule has 1 N–H and O–H groups in total. The number of carbonyl (C=O) groups is 1. The van der Waals surface area contributed by atoms with Crippen molar-refractivity contribution in [2.24, 2.45) is 5.10 Å². The lowest BCUT2D eigenvalue weighted by atomic mass is 10.1. The number of hydrazone groups is 1. The number of hydrogen-bond donors (Lipinski definition) is 1. The van der Waals surface area contributed by atoms with Crippen LogP contribution in [-0.4, -0.2) is 37.7 Å². The molecule has 0 aliphatic carbocycles. The van der Waals surface area contributed by atoms with Gasteiger partial charge < -0.3 is 18.9 Å². The van der Waals surface area contributed by atoms with Crippen LogP contribution >= 0.6 is 22.6 Å². The molecule has 0 unspecified atom stereocenters. The molecule has 1 aliphatic rings. The fourth-order valence-electron chi connectivity index (χ4n) is 3.80. The molecule has 0 atom stereocenters. The molecule has 34 heavy (non-hydrogen) atoms. The molecule has 1 aliphatic heterocycles. The predicted octanol–water partition coefficient (Wildman–Crippen LogP) is 5.03. The molecule has 0 aromatic heterocycles. The number of nitrogens with one attached hydrogen (secondary N) is 1. The minimum Gasteiger partial charge on any atom is -0.490 e. The smallest absolute Gasteiger partial charge is 0.245 e. The summed E-state index contributed by atoms with van der Waals surface area (Å²) in [6.07, 6.45) is 1.66. The molecule has 1 amide bonds. The Morgan fingerprint density at radius 2 is 1.91 bits per heavy atom. The molecule has 8 heteroatoms. The van der Waals surface area contributed by atoms with E-state index in [2.05, 4.69) is 57.4 Å². The molecule has 178 valence electrons. The summed E-state index contributed by atoms with van der Waals surface area (Å²) in [7, 11) is 0. The van der Waals surface area contributed by atoms with Gasteiger partial charge in [-0.25, -0.2) is 5.43 Å². The van der Waals surface area contributed by atoms with Crippen molar-refractivity contribution in [2.75, 3.05) is 19.8 Å². The second-order valence-corrected chi connectivity index (χ2v) is 9.15. The number of benzene rings is 3. The van der Waals surface area contributed by atoms with E-state index in [1.807, 2.05) is 37.3 Å². The number of nitrogens with zero attached hydrogens (tertiary/aromatic N) is 1. The highest BCUT2D eigenvalue weighted by molar-refractivity contribution is 14.1. The first kappa shape index (κ1) is 24.4. The Balaban J connectivity index is 1.45. The van der Waals surface area contributed by atoms with E-state index in [1.165, 1.54) is 10.8 Å². The number of rotatable bonds is 9. The van der Waals surface area contributed by atoms with Crippen LogP contribution in [0.2, 0.25) is 0 Å². The second kappa shape index (κ2) is 11.2. The molecule has 0 bridgehead atoms. The number of halogens is 1. The fraction of sp³-hybridized carbons (Fsp3) is 0.308. The lowest BCUT2D eigenvalue weighted by Crippen LogP contribution is -2.33. The SMILES string of the molecule is CCOc1cc(C=NNC(=O)CC2(C)OCCO2)cc(I)c1OCc1cccc2ccccc12. The van der Waals surface area contributed by atoms with Gasteiger partial charge in [-0.1, -0.05) is 42.5 Å². The zero-order valence-electron chi connectivity index (χ0n) is 19.2. The highest BCUT2D eigenvalue weighted by Crippen LogP contribution is 2.35. The van der Waals surface area contributed by atoms with Crippen LogP contribution in [0.5, 0.6) is 11.5 Å². The van der Waals surface area contributed by atoms with Gasteiger partial charge in [0.25, 0.3) is 0 Å². The molecule has 0 saturated carbocycles. The first-order valence-electron chi connectivity index (χ1n) is 11.1. The fourth-order valence-corrected chi connectivity index (χ4v) is 4.58. The molecule has 1 fully saturated rings. The Bertz CT molecular complexity index is 1190. The minimum atomic E-state index is -0.889. The standard InChI is InChI=1S/C26H27IN2O5/c1-3-31-23-14-18(16-28-29-24(30)15-26(2)33-11-12-34-26)13-22(27)25(23)32-17-20-9-6-8-19-7-4-5-10-21(19)20/h4-10,13-14,16H,3,11-12,15,17H2,1-2H3,(H,29,30). The van der Waals surface area contributed by atoms with Gasteiger partial charge in [0, 0.05) is 0 Å². The van der Waals surface area contributed by atoms with E-state index in [0.717, 1.165) is 14.7 Å². The van der Waals surface area contributed by atoms with Gasteiger partial charge in [0.05, 0.1) is 36.0 Å². The van der Waals surface area contributed by atoms with Gasteiger partial charge in [0.1, 0.15) is 6.61 Å². The molecule has 3 aromatic rings. The van der Waals surface area contributed by atoms with E-state index in [9.17, 15) is 4.79 Å². The summed E-state index contributed by atoms with van der Waals surface area (Å²) >= 11 is 2.22. The van der Waals surface area contributed by atoms with Gasteiger partial charge >= 0.3 is 0 Å². The topological polar surface area (TPSA) is 78.4 Å². The third kappa shape index (κ3) is 6.05. The van der Waals surface area contributed by atoms with Crippen LogP contribution in [0, 0.1) is 3.57 Å². The van der Waals surface area contributed by atoms with Crippen molar-refractivity contribution in [3.8, 4) is 11.5 Å². The predicted molar refractivity (Wildman–Crippen MR) is 139 cm³/mol. The molecule has 7 nitrogen and oxygen atoms in total. The first-order valence-corrected chi connectivity index (χ1v) is 12.2. The van der Waals surface area contributed by atoms with Crippen molar-refractivity contribution in [3.63, 3.8) is 0 Å². The lowest BCUT2D eigenvalue weighted by Gasteiger charge is -2.20. The van der Waals surface area contributed by atoms with E-state index in [0.29, 0.717) is 37.9 Å². The summed E-state index contributed by atoms with van der Waals surface area (Å²) in [6.45, 7) is 5.56. The van der Waals surface area contributed by atoms with Crippen LogP contribution in [0.4, 0.5) is 0 Å². The van der Waals surface area contributed by atoms with Crippen molar-refractivity contribution < 1.29 is 23.7 Å². The van der Waals surface area contributed by atoms with Gasteiger partial charge in [-0.05, 0) is 70.5 Å². The number of carbonyl (C=O) groups excluding carboxylic acids is 1. The molecule has 4 rings (SSSR count). The Kier molecular flexibility index (Phi) is 8.02. The van der Waals surface area contributed by atoms with Crippen molar-refractivity contribution in [3.05, 3.63) is 69.3 Å². The van der Waals surface area contributed by atoms with Gasteiger partial charge in [-0.2, -0.15) is 5.10 Å². The molecule has 1 heterocycles. The summed E-state index contributed by atoms with van der Waals surface area (Å²) in [5.41, 5.74) is 4.42. The molecule has 0 spiro atoms. The number of fused-ring (bicyclic) bond motifs is 1. The average Bonchev–Trinajstić information content (AvgIpc) is 3.24. The summed E-state index contributed by atoms with van der Waals surface area (Å²) in [6, 6.07) is 18.2. The Morgan fingerprint density at radius 3 is 2.71 bits per heavy atom. The first-order chi connectivity index (χ1) is 16.5. The lowest BCUT2D eigenvalue weighted by molar-refractivity contribution is -0.159. The largest absolute Gasteiger partial charge is 0.490 e. The highest BCUT2D eigenvalue weighted by Gasteiger charge is 2.33. The van der Waals surface area contributed by atoms with Crippen LogP contribution in [0.25, 0.3) is 10.8 Å². The van der Waals surface area contributed by atoms with Crippen molar-refractivity contribution >= 4 is 45.5 Å². The maximum atomic E-state index is 12.2. The van der Waals surface area contributed by atoms with Gasteiger partial charge in [-0.3, -0.25) is 4.79 Å². The van der Waals surface area contributed by atoms with Crippen LogP contribution in [0.3, 0.4) is 0 Å². The van der Waals surface area contributed by atoms with Gasteiger partial charge in [0.15, 0.2) is 17.3 Å². The second-order valence-electron chi connectivity index (χ2n) is 7.99. The van der Waals surface area contributed by atoms with Crippen molar-refractivity contribution in [1.29, 1.82) is 0 Å². The van der Waals surface area contributed by atoms with Crippen LogP contribution in [-0.2, 0) is 20.9 Å². The maximum absolute atomic E-state index is 12.2. The monoisotopic (exact) mass is 574 g/mol. The van der Waals surface area contributed by atoms with E-state index >= 15 is 0 Å². The number of ether oxygens (including phenoxy) is 4. The van der Waals surface area contributed by atoms with E-state index in [4.69, 9.17) is 18.9 Å². The number of amides is 1. The molecular formula is C26H27IN2O5. The summed E-state index contributed by atoms with van der Waals surface area (Å²) in [5.74, 6) is 0.137. The van der Waals surface area contributed by atoms with Crippen LogP contribution < -0.4 is 14.9 Å².